The number of esters is 4. The van der Waals surface area contributed by atoms with Crippen molar-refractivity contribution in [1.82, 2.24) is 15.1 Å². The molecule has 4 aliphatic rings. The first-order chi connectivity index (χ1) is 23.9. The standard InChI is InChI=1S/C34H42N4O11S2/c1-16(2)30(43)49-19-11-9-18(10-12-19)23(35-17(3)13-22(40)46-8)27(41)36-24-28(42)38-26(34(6,7)51-29(24)38)32(45)48-15-47-31(44)25-33(4,5)50-21-14-20(39)37(21)25/h9-12,16,21,23-26,29H,13-15H2,1-8H3,(H,36,41)/t21-,23?,24-,25+,26+,29-/m1/s1. The van der Waals surface area contributed by atoms with Gasteiger partial charge >= 0.3 is 23.9 Å². The van der Waals surface area contributed by atoms with E-state index in [-0.39, 0.29) is 29.4 Å². The Morgan fingerprint density at radius 1 is 0.941 bits per heavy atom. The van der Waals surface area contributed by atoms with Gasteiger partial charge in [-0.1, -0.05) is 26.0 Å². The summed E-state index contributed by atoms with van der Waals surface area (Å²) < 4.78 is 19.3. The summed E-state index contributed by atoms with van der Waals surface area (Å²) in [5, 5.41) is 2.07. The zero-order valence-corrected chi connectivity index (χ0v) is 31.3. The van der Waals surface area contributed by atoms with Gasteiger partial charge in [0.05, 0.1) is 31.2 Å². The van der Waals surface area contributed by atoms with Crippen LogP contribution in [0.2, 0.25) is 0 Å². The second kappa shape index (κ2) is 14.5. The van der Waals surface area contributed by atoms with Crippen LogP contribution in [0, 0.1) is 5.92 Å². The van der Waals surface area contributed by atoms with Gasteiger partial charge in [-0.2, -0.15) is 0 Å². The van der Waals surface area contributed by atoms with Crippen LogP contribution in [0.15, 0.2) is 29.3 Å². The summed E-state index contributed by atoms with van der Waals surface area (Å²) in [7, 11) is 1.24. The lowest BCUT2D eigenvalue weighted by Gasteiger charge is -2.44. The molecule has 3 amide bonds. The first kappa shape index (κ1) is 38.1. The molecule has 0 radical (unpaired) electrons. The number of hydrogen-bond acceptors (Lipinski definition) is 14. The van der Waals surface area contributed by atoms with Crippen LogP contribution >= 0.6 is 23.5 Å². The van der Waals surface area contributed by atoms with Crippen molar-refractivity contribution in [3.05, 3.63) is 29.8 Å². The number of β-lactam (4-membered cyclic amide) rings is 2. The molecule has 6 atom stereocenters. The minimum Gasteiger partial charge on any atom is -0.469 e. The smallest absolute Gasteiger partial charge is 0.333 e. The maximum atomic E-state index is 13.8. The molecule has 1 aromatic carbocycles. The highest BCUT2D eigenvalue weighted by Crippen LogP contribution is 2.52. The summed E-state index contributed by atoms with van der Waals surface area (Å²) in [6, 6.07) is 2.16. The second-order valence-electron chi connectivity index (χ2n) is 14.0. The molecule has 5 rings (SSSR count). The van der Waals surface area contributed by atoms with Crippen molar-refractivity contribution < 1.29 is 52.5 Å². The molecule has 4 fully saturated rings. The van der Waals surface area contributed by atoms with E-state index in [0.29, 0.717) is 17.7 Å². The number of ether oxygens (including phenoxy) is 4. The van der Waals surface area contributed by atoms with Crippen LogP contribution < -0.4 is 10.1 Å². The molecule has 1 unspecified atom stereocenters. The third kappa shape index (κ3) is 7.59. The summed E-state index contributed by atoms with van der Waals surface area (Å²) in [5.41, 5.74) is 0.721. The molecule has 1 N–H and O–H groups in total. The predicted octanol–water partition coefficient (Wildman–Crippen LogP) is 2.36. The van der Waals surface area contributed by atoms with E-state index in [2.05, 4.69) is 10.3 Å². The molecule has 4 saturated heterocycles. The second-order valence-corrected chi connectivity index (χ2v) is 17.6. The quantitative estimate of drug-likeness (QED) is 0.108. The van der Waals surface area contributed by atoms with Crippen LogP contribution in [0.25, 0.3) is 0 Å². The van der Waals surface area contributed by atoms with Gasteiger partial charge in [-0.15, -0.1) is 23.5 Å². The Balaban J connectivity index is 1.24. The molecule has 17 heteroatoms. The average Bonchev–Trinajstić information content (AvgIpc) is 3.44. The van der Waals surface area contributed by atoms with Gasteiger partial charge in [-0.25, -0.2) is 9.59 Å². The minimum atomic E-state index is -1.17. The summed E-state index contributed by atoms with van der Waals surface area (Å²) in [5.74, 6) is -3.78. The first-order valence-corrected chi connectivity index (χ1v) is 18.2. The third-order valence-corrected chi connectivity index (χ3v) is 12.1. The Morgan fingerprint density at radius 2 is 1.53 bits per heavy atom. The average molecular weight is 747 g/mol. The Bertz CT molecular complexity index is 1660. The molecular formula is C34H42N4O11S2. The Labute approximate surface area is 303 Å². The molecule has 276 valence electrons. The number of carbonyl (C=O) groups is 7. The van der Waals surface area contributed by atoms with Crippen LogP contribution in [0.4, 0.5) is 0 Å². The topological polar surface area (TPSA) is 187 Å². The SMILES string of the molecule is COC(=O)CC(C)=NC(C(=O)N[C@@H]1C(=O)N2[C@@H]1SC(C)(C)[C@@H]2C(=O)OCOC(=O)[C@@H]1N2C(=O)C[C@H]2SC1(C)C)c1ccc(OC(=O)C(C)C)cc1. The molecule has 15 nitrogen and oxygen atoms in total. The fourth-order valence-corrected chi connectivity index (χ4v) is 9.64. The predicted molar refractivity (Wildman–Crippen MR) is 185 cm³/mol. The number of methoxy groups -OCH3 is 1. The fraction of sp³-hybridized carbons (Fsp3) is 0.588. The van der Waals surface area contributed by atoms with Crippen molar-refractivity contribution in [2.45, 2.75) is 106 Å². The van der Waals surface area contributed by atoms with Gasteiger partial charge in [0.15, 0.2) is 6.04 Å². The van der Waals surface area contributed by atoms with Crippen LogP contribution in [0.1, 0.15) is 72.9 Å². The highest BCUT2D eigenvalue weighted by Gasteiger charge is 2.65. The van der Waals surface area contributed by atoms with Gasteiger partial charge in [0.1, 0.15) is 29.2 Å². The van der Waals surface area contributed by atoms with Crippen molar-refractivity contribution >= 4 is 70.8 Å². The van der Waals surface area contributed by atoms with Crippen LogP contribution in [0.5, 0.6) is 5.75 Å². The van der Waals surface area contributed by atoms with E-state index in [9.17, 15) is 33.6 Å². The van der Waals surface area contributed by atoms with Crippen LogP contribution in [0.3, 0.4) is 0 Å². The molecule has 51 heavy (non-hydrogen) atoms. The molecule has 0 saturated carbocycles. The lowest BCUT2D eigenvalue weighted by molar-refractivity contribution is -0.181. The van der Waals surface area contributed by atoms with E-state index >= 15 is 0 Å². The Kier molecular flexibility index (Phi) is 10.8. The van der Waals surface area contributed by atoms with Gasteiger partial charge in [-0.3, -0.25) is 29.0 Å². The molecular weight excluding hydrogens is 705 g/mol. The normalized spacial score (nSPS) is 26.3. The lowest BCUT2D eigenvalue weighted by atomic mass is 9.95. The third-order valence-electron chi connectivity index (χ3n) is 9.02. The first-order valence-electron chi connectivity index (χ1n) is 16.4. The molecule has 0 aliphatic carbocycles. The van der Waals surface area contributed by atoms with Crippen molar-refractivity contribution in [2.75, 3.05) is 13.9 Å². The number of carbonyl (C=O) groups excluding carboxylic acids is 7. The van der Waals surface area contributed by atoms with Gasteiger partial charge < -0.3 is 34.1 Å². The van der Waals surface area contributed by atoms with Crippen molar-refractivity contribution in [3.8, 4) is 5.75 Å². The van der Waals surface area contributed by atoms with Gasteiger partial charge in [0, 0.05) is 15.2 Å². The fourth-order valence-electron chi connectivity index (χ4n) is 6.40. The van der Waals surface area contributed by atoms with Crippen LogP contribution in [-0.4, -0.2) is 109 Å². The van der Waals surface area contributed by atoms with Crippen molar-refractivity contribution in [1.29, 1.82) is 0 Å². The van der Waals surface area contributed by atoms with E-state index in [0.717, 1.165) is 0 Å². The maximum Gasteiger partial charge on any atom is 0.333 e. The molecule has 0 bridgehead atoms. The van der Waals surface area contributed by atoms with E-state index in [1.807, 2.05) is 13.8 Å². The molecule has 1 aromatic rings. The van der Waals surface area contributed by atoms with Gasteiger partial charge in [0.25, 0.3) is 0 Å². The maximum absolute atomic E-state index is 13.8. The lowest BCUT2D eigenvalue weighted by Crippen LogP contribution is -2.71. The van der Waals surface area contributed by atoms with Crippen molar-refractivity contribution in [3.63, 3.8) is 0 Å². The number of fused-ring (bicyclic) bond motifs is 2. The summed E-state index contributed by atoms with van der Waals surface area (Å²) in [6.45, 7) is 11.5. The zero-order valence-electron chi connectivity index (χ0n) is 29.6. The van der Waals surface area contributed by atoms with Gasteiger partial charge in [-0.05, 0) is 52.3 Å². The molecule has 4 aliphatic heterocycles. The largest absolute Gasteiger partial charge is 0.469 e. The molecule has 0 aromatic heterocycles. The minimum absolute atomic E-state index is 0.0839. The van der Waals surface area contributed by atoms with Crippen LogP contribution in [-0.2, 0) is 47.8 Å². The number of amides is 3. The highest BCUT2D eigenvalue weighted by atomic mass is 32.2. The molecule has 4 heterocycles. The zero-order chi connectivity index (χ0) is 37.6. The highest BCUT2D eigenvalue weighted by molar-refractivity contribution is 8.02. The van der Waals surface area contributed by atoms with Crippen molar-refractivity contribution in [2.24, 2.45) is 10.9 Å². The number of nitrogens with one attached hydrogen (secondary N) is 1. The van der Waals surface area contributed by atoms with Gasteiger partial charge in [0.2, 0.25) is 24.5 Å². The Hall–Kier alpha value is -4.12. The summed E-state index contributed by atoms with van der Waals surface area (Å²) in [6.07, 6.45) is 0.196. The number of nitrogens with zero attached hydrogens (tertiary/aromatic N) is 3. The molecule has 0 spiro atoms. The number of aliphatic imine (C=N–C) groups is 1. The van der Waals surface area contributed by atoms with E-state index in [1.54, 1.807) is 46.8 Å². The summed E-state index contributed by atoms with van der Waals surface area (Å²) >= 11 is 2.83. The van der Waals surface area contributed by atoms with E-state index in [4.69, 9.17) is 18.9 Å². The number of rotatable bonds is 12. The number of benzene rings is 1. The van der Waals surface area contributed by atoms with E-state index in [1.165, 1.54) is 52.6 Å². The number of hydrogen-bond donors (Lipinski definition) is 1. The monoisotopic (exact) mass is 746 g/mol. The summed E-state index contributed by atoms with van der Waals surface area (Å²) in [4.78, 5) is 96.9. The number of thioether (sulfide) groups is 2. The van der Waals surface area contributed by atoms with E-state index < -0.39 is 81.5 Å². The Morgan fingerprint density at radius 3 is 2.10 bits per heavy atom.